The molecule has 0 aromatic carbocycles. The summed E-state index contributed by atoms with van der Waals surface area (Å²) in [7, 11) is -9.26. The van der Waals surface area contributed by atoms with Crippen LogP contribution in [-0.2, 0) is 20.1 Å². The Kier molecular flexibility index (Phi) is 11.4. The summed E-state index contributed by atoms with van der Waals surface area (Å²) in [6.07, 6.45) is -8.83. The van der Waals surface area contributed by atoms with Gasteiger partial charge in [-0.15, -0.1) is 0 Å². The minimum Gasteiger partial charge on any atom is -0.328 e. The maximum Gasteiger partial charge on any atom is 0.460 e. The maximum absolute atomic E-state index is 14.3. The number of hydrogen-bond donors (Lipinski definition) is 1. The van der Waals surface area contributed by atoms with Crippen molar-refractivity contribution in [2.45, 2.75) is 59.8 Å². The van der Waals surface area contributed by atoms with Gasteiger partial charge in [0.2, 0.25) is 0 Å². The summed E-state index contributed by atoms with van der Waals surface area (Å²) in [5, 5.41) is -7.63. The summed E-state index contributed by atoms with van der Waals surface area (Å²) < 4.78 is 281. The highest BCUT2D eigenvalue weighted by atomic mass is 32.2. The normalized spacial score (nSPS) is 16.2. The van der Waals surface area contributed by atoms with E-state index in [0.29, 0.717) is 0 Å². The molecule has 260 valence electrons. The molecule has 0 rings (SSSR count). The summed E-state index contributed by atoms with van der Waals surface area (Å²) in [4.78, 5) is 0. The molecule has 43 heavy (non-hydrogen) atoms. The topological polar surface area (TPSA) is 91.8 Å². The molecule has 0 radical (unpaired) electrons. The summed E-state index contributed by atoms with van der Waals surface area (Å²) in [5.74, 6) is -52.7. The Morgan fingerprint density at radius 1 is 0.581 bits per heavy atom. The van der Waals surface area contributed by atoms with Gasteiger partial charge < -0.3 is 4.48 Å². The third-order valence-electron chi connectivity index (χ3n) is 5.83. The van der Waals surface area contributed by atoms with Crippen molar-refractivity contribution in [2.24, 2.45) is 0 Å². The third-order valence-corrected chi connectivity index (χ3v) is 8.54. The van der Waals surface area contributed by atoms with Crippen LogP contribution in [0.3, 0.4) is 0 Å². The van der Waals surface area contributed by atoms with E-state index in [1.807, 2.05) is 0 Å². The molecular weight excluding hydrogens is 699 g/mol. The van der Waals surface area contributed by atoms with Crippen LogP contribution >= 0.6 is 0 Å². The molecule has 1 N–H and O–H groups in total. The van der Waals surface area contributed by atoms with Gasteiger partial charge in [-0.2, -0.15) is 87.4 Å². The first-order valence-corrected chi connectivity index (χ1v) is 13.8. The van der Waals surface area contributed by atoms with E-state index in [9.17, 15) is 91.5 Å². The van der Waals surface area contributed by atoms with Gasteiger partial charge in [-0.3, -0.25) is 4.55 Å². The van der Waals surface area contributed by atoms with Gasteiger partial charge in [0.15, 0.2) is 0 Å². The number of hydrogen-bond acceptors (Lipinski definition) is 4. The molecule has 0 unspecified atom stereocenters. The molecule has 0 spiro atoms. The lowest BCUT2D eigenvalue weighted by molar-refractivity contribution is -0.890. The lowest BCUT2D eigenvalue weighted by atomic mass is 9.91. The van der Waals surface area contributed by atoms with Gasteiger partial charge in [0.05, 0.1) is 32.9 Å². The molecule has 0 bridgehead atoms. The summed E-state index contributed by atoms with van der Waals surface area (Å²) in [5.41, 5.74) is 0. The zero-order chi connectivity index (χ0) is 35.3. The lowest BCUT2D eigenvalue weighted by Crippen LogP contribution is -2.75. The highest BCUT2D eigenvalue weighted by Crippen LogP contribution is 2.64. The molecular formula is C17H22F17N2O5S2+. The number of rotatable bonds is 16. The van der Waals surface area contributed by atoms with Crippen molar-refractivity contribution in [1.29, 1.82) is 0 Å². The SMILES string of the molecule is CN(CCC[N+](C)(C)CCCS(=O)(=O)O)S(=O)(=O)C(F)(F)C(F)(F)C(F)(F)C(F)(F)C(F)(F)C(F)(F)C(F)(F)C(F)(F)F. The Morgan fingerprint density at radius 3 is 1.26 bits per heavy atom. The van der Waals surface area contributed by atoms with Crippen molar-refractivity contribution in [1.82, 2.24) is 4.31 Å². The maximum atomic E-state index is 14.3. The molecule has 0 amide bonds. The van der Waals surface area contributed by atoms with Gasteiger partial charge >= 0.3 is 47.0 Å². The van der Waals surface area contributed by atoms with E-state index < -0.39 is 90.1 Å². The average molecular weight is 721 g/mol. The summed E-state index contributed by atoms with van der Waals surface area (Å²) in [6.45, 7) is -1.84. The second kappa shape index (κ2) is 11.7. The van der Waals surface area contributed by atoms with E-state index in [0.717, 1.165) is 0 Å². The second-order valence-corrected chi connectivity index (χ2v) is 13.3. The minimum absolute atomic E-state index is 0.0550. The first-order chi connectivity index (χ1) is 18.3. The fraction of sp³-hybridized carbons (Fsp3) is 1.00. The molecule has 7 nitrogen and oxygen atoms in total. The average Bonchev–Trinajstić information content (AvgIpc) is 2.75. The van der Waals surface area contributed by atoms with Gasteiger partial charge in [0.25, 0.3) is 20.1 Å². The van der Waals surface area contributed by atoms with Gasteiger partial charge in [-0.25, -0.2) is 8.42 Å². The van der Waals surface area contributed by atoms with E-state index in [2.05, 4.69) is 0 Å². The molecule has 0 aromatic heterocycles. The molecule has 0 saturated heterocycles. The number of quaternary nitrogens is 1. The standard InChI is InChI=1S/C17H21F17N2O5S2/c1-35(6-4-7-36(2,3)8-5-9-42(37,38)39)43(40,41)17(33,34)15(28,29)13(24,25)11(20,21)10(18,19)12(22,23)14(26,27)16(30,31)32/h4-9H2,1-3H3/p+1. The van der Waals surface area contributed by atoms with E-state index >= 15 is 0 Å². The van der Waals surface area contributed by atoms with Crippen LogP contribution in [-0.4, -0.2) is 124 Å². The van der Waals surface area contributed by atoms with Crippen LogP contribution in [0.5, 0.6) is 0 Å². The molecule has 26 heteroatoms. The second-order valence-electron chi connectivity index (χ2n) is 9.66. The van der Waals surface area contributed by atoms with Crippen LogP contribution in [0.2, 0.25) is 0 Å². The van der Waals surface area contributed by atoms with E-state index in [4.69, 9.17) is 4.55 Å². The molecule has 0 atom stereocenters. The van der Waals surface area contributed by atoms with Crippen molar-refractivity contribution in [3.8, 4) is 0 Å². The summed E-state index contributed by atoms with van der Waals surface area (Å²) in [6, 6.07) is 0. The Bertz CT molecular complexity index is 1200. The largest absolute Gasteiger partial charge is 0.460 e. The fourth-order valence-corrected chi connectivity index (χ4v) is 4.84. The highest BCUT2D eigenvalue weighted by molar-refractivity contribution is 7.90. The molecule has 0 aliphatic heterocycles. The van der Waals surface area contributed by atoms with Gasteiger partial charge in [-0.05, 0) is 0 Å². The Morgan fingerprint density at radius 2 is 0.907 bits per heavy atom. The summed E-state index contributed by atoms with van der Waals surface area (Å²) >= 11 is 0. The number of alkyl halides is 17. The molecule has 0 heterocycles. The van der Waals surface area contributed by atoms with Crippen LogP contribution in [0.25, 0.3) is 0 Å². The van der Waals surface area contributed by atoms with Crippen LogP contribution in [0.15, 0.2) is 0 Å². The Labute approximate surface area is 232 Å². The smallest absolute Gasteiger partial charge is 0.328 e. The monoisotopic (exact) mass is 721 g/mol. The fourth-order valence-electron chi connectivity index (χ4n) is 3.14. The van der Waals surface area contributed by atoms with Crippen LogP contribution in [0, 0.1) is 0 Å². The van der Waals surface area contributed by atoms with Crippen molar-refractivity contribution in [3.05, 3.63) is 0 Å². The van der Waals surface area contributed by atoms with Crippen molar-refractivity contribution < 1.29 is 101 Å². The molecule has 0 aliphatic rings. The van der Waals surface area contributed by atoms with Gasteiger partial charge in [0.1, 0.15) is 0 Å². The minimum atomic E-state index is -8.90. The van der Waals surface area contributed by atoms with E-state index in [-0.39, 0.29) is 31.0 Å². The van der Waals surface area contributed by atoms with Crippen LogP contribution in [0.4, 0.5) is 74.6 Å². The van der Waals surface area contributed by atoms with Crippen molar-refractivity contribution in [3.63, 3.8) is 0 Å². The molecule has 0 aliphatic carbocycles. The number of nitrogens with zero attached hydrogens (tertiary/aromatic N) is 2. The predicted molar refractivity (Wildman–Crippen MR) is 110 cm³/mol. The zero-order valence-corrected chi connectivity index (χ0v) is 23.1. The van der Waals surface area contributed by atoms with Crippen LogP contribution in [0.1, 0.15) is 12.8 Å². The third kappa shape index (κ3) is 7.21. The molecule has 0 aromatic rings. The van der Waals surface area contributed by atoms with Crippen molar-refractivity contribution >= 4 is 20.1 Å². The Balaban J connectivity index is 6.33. The lowest BCUT2D eigenvalue weighted by Gasteiger charge is -2.42. The first-order valence-electron chi connectivity index (χ1n) is 10.8. The zero-order valence-electron chi connectivity index (χ0n) is 21.5. The predicted octanol–water partition coefficient (Wildman–Crippen LogP) is 4.96. The Hall–Kier alpha value is -1.41. The van der Waals surface area contributed by atoms with Crippen LogP contribution < -0.4 is 0 Å². The molecule has 0 saturated carbocycles. The quantitative estimate of drug-likeness (QED) is 0.138. The van der Waals surface area contributed by atoms with E-state index in [1.165, 1.54) is 14.1 Å². The van der Waals surface area contributed by atoms with Crippen molar-refractivity contribution in [2.75, 3.05) is 46.5 Å². The number of sulfonamides is 1. The molecule has 0 fully saturated rings. The van der Waals surface area contributed by atoms with Gasteiger partial charge in [0, 0.05) is 26.4 Å². The van der Waals surface area contributed by atoms with Gasteiger partial charge in [-0.1, -0.05) is 0 Å². The first kappa shape index (κ1) is 41.6. The van der Waals surface area contributed by atoms with E-state index in [1.54, 1.807) is 0 Å². The number of halogens is 17. The highest BCUT2D eigenvalue weighted by Gasteiger charge is 2.96.